The van der Waals surface area contributed by atoms with E-state index in [0.717, 1.165) is 12.0 Å². The first-order valence-electron chi connectivity index (χ1n) is 9.37. The van der Waals surface area contributed by atoms with Crippen LogP contribution >= 0.6 is 0 Å². The summed E-state index contributed by atoms with van der Waals surface area (Å²) in [4.78, 5) is 13.5. The molecule has 5 heteroatoms. The molecule has 0 spiro atoms. The molecule has 0 heterocycles. The molecule has 0 saturated heterocycles. The summed E-state index contributed by atoms with van der Waals surface area (Å²) in [6.45, 7) is 15.9. The lowest BCUT2D eigenvalue weighted by molar-refractivity contribution is -0.127. The van der Waals surface area contributed by atoms with Gasteiger partial charge in [0.1, 0.15) is 6.10 Å². The molecule has 27 heavy (non-hydrogen) atoms. The molecule has 1 amide bonds. The molecule has 1 unspecified atom stereocenters. The molecule has 0 aliphatic rings. The molecule has 4 nitrogen and oxygen atoms in total. The van der Waals surface area contributed by atoms with Crippen molar-refractivity contribution in [2.45, 2.75) is 70.9 Å². The summed E-state index contributed by atoms with van der Waals surface area (Å²) in [5.41, 5.74) is 0.498. The minimum absolute atomic E-state index is 0.151. The van der Waals surface area contributed by atoms with Crippen LogP contribution in [0.2, 0.25) is 18.1 Å². The average Bonchev–Trinajstić information content (AvgIpc) is 2.59. The number of ether oxygens (including phenoxy) is 1. The number of benzene rings is 1. The SMILES string of the molecule is COC(C#CCO[Si](C)(C)C(C)(C)C)C(C)(C)N(C=O)Cc1ccccc1. The fourth-order valence-corrected chi connectivity index (χ4v) is 3.26. The van der Waals surface area contributed by atoms with Crippen LogP contribution in [0.1, 0.15) is 40.2 Å². The monoisotopic (exact) mass is 389 g/mol. The summed E-state index contributed by atoms with van der Waals surface area (Å²) in [7, 11) is -0.196. The highest BCUT2D eigenvalue weighted by molar-refractivity contribution is 6.74. The van der Waals surface area contributed by atoms with E-state index in [1.165, 1.54) is 0 Å². The number of amides is 1. The summed E-state index contributed by atoms with van der Waals surface area (Å²) in [5.74, 6) is 6.27. The Bertz CT molecular complexity index is 654. The number of carbonyl (C=O) groups is 1. The molecular weight excluding hydrogens is 354 g/mol. The maximum absolute atomic E-state index is 11.8. The first-order valence-corrected chi connectivity index (χ1v) is 12.3. The Labute approximate surface area is 166 Å². The fourth-order valence-electron chi connectivity index (χ4n) is 2.40. The van der Waals surface area contributed by atoms with Crippen LogP contribution in [0.3, 0.4) is 0 Å². The lowest BCUT2D eigenvalue weighted by Crippen LogP contribution is -2.51. The summed E-state index contributed by atoms with van der Waals surface area (Å²) < 4.78 is 11.7. The van der Waals surface area contributed by atoms with Gasteiger partial charge in [-0.2, -0.15) is 0 Å². The van der Waals surface area contributed by atoms with Crippen LogP contribution in [0.25, 0.3) is 0 Å². The summed E-state index contributed by atoms with van der Waals surface area (Å²) in [6, 6.07) is 9.92. The van der Waals surface area contributed by atoms with Crippen molar-refractivity contribution in [3.63, 3.8) is 0 Å². The van der Waals surface area contributed by atoms with Gasteiger partial charge in [-0.25, -0.2) is 0 Å². The molecule has 1 aromatic carbocycles. The standard InChI is InChI=1S/C22H35NO3Si/c1-21(2,3)27(7,8)26-16-12-15-20(25-6)22(4,5)23(18-24)17-19-13-10-9-11-14-19/h9-11,13-14,18,20H,16-17H2,1-8H3. The molecule has 0 radical (unpaired) electrons. The van der Waals surface area contributed by atoms with E-state index in [2.05, 4.69) is 45.7 Å². The van der Waals surface area contributed by atoms with Crippen LogP contribution in [0.4, 0.5) is 0 Å². The van der Waals surface area contributed by atoms with Crippen LogP contribution in [-0.4, -0.2) is 45.0 Å². The molecule has 0 bridgehead atoms. The van der Waals surface area contributed by atoms with Crippen molar-refractivity contribution in [3.8, 4) is 11.8 Å². The zero-order chi connectivity index (χ0) is 20.7. The third-order valence-corrected chi connectivity index (χ3v) is 9.96. The van der Waals surface area contributed by atoms with Crippen molar-refractivity contribution in [2.75, 3.05) is 13.7 Å². The molecule has 0 aromatic heterocycles. The van der Waals surface area contributed by atoms with Gasteiger partial charge in [-0.15, -0.1) is 0 Å². The summed E-state index contributed by atoms with van der Waals surface area (Å²) in [6.07, 6.45) is 0.460. The van der Waals surface area contributed by atoms with E-state index >= 15 is 0 Å². The van der Waals surface area contributed by atoms with Gasteiger partial charge < -0.3 is 14.1 Å². The van der Waals surface area contributed by atoms with E-state index in [9.17, 15) is 4.79 Å². The Hall–Kier alpha value is -1.61. The molecule has 0 aliphatic carbocycles. The smallest absolute Gasteiger partial charge is 0.210 e. The molecule has 0 aliphatic heterocycles. The van der Waals surface area contributed by atoms with Gasteiger partial charge in [0.2, 0.25) is 6.41 Å². The van der Waals surface area contributed by atoms with Gasteiger partial charge >= 0.3 is 0 Å². The second kappa shape index (κ2) is 9.54. The van der Waals surface area contributed by atoms with Crippen molar-refractivity contribution in [1.82, 2.24) is 4.90 Å². The number of hydrogen-bond acceptors (Lipinski definition) is 3. The predicted octanol–water partition coefficient (Wildman–Crippen LogP) is 4.46. The first kappa shape index (κ1) is 23.4. The fraction of sp³-hybridized carbons (Fsp3) is 0.591. The van der Waals surface area contributed by atoms with Gasteiger partial charge in [-0.1, -0.05) is 62.9 Å². The second-order valence-electron chi connectivity index (χ2n) is 8.86. The van der Waals surface area contributed by atoms with Crippen LogP contribution < -0.4 is 0 Å². The zero-order valence-electron chi connectivity index (χ0n) is 18.1. The molecular formula is C22H35NO3Si. The van der Waals surface area contributed by atoms with Gasteiger partial charge in [0.05, 0.1) is 12.1 Å². The van der Waals surface area contributed by atoms with Crippen molar-refractivity contribution in [1.29, 1.82) is 0 Å². The van der Waals surface area contributed by atoms with Crippen molar-refractivity contribution >= 4 is 14.7 Å². The maximum Gasteiger partial charge on any atom is 0.210 e. The average molecular weight is 390 g/mol. The number of carbonyl (C=O) groups excluding carboxylic acids is 1. The van der Waals surface area contributed by atoms with E-state index in [-0.39, 0.29) is 5.04 Å². The van der Waals surface area contributed by atoms with Gasteiger partial charge in [0, 0.05) is 13.7 Å². The van der Waals surface area contributed by atoms with Crippen LogP contribution in [0, 0.1) is 11.8 Å². The van der Waals surface area contributed by atoms with Gasteiger partial charge in [-0.05, 0) is 37.5 Å². The van der Waals surface area contributed by atoms with Crippen LogP contribution in [-0.2, 0) is 20.5 Å². The van der Waals surface area contributed by atoms with Gasteiger partial charge in [0.25, 0.3) is 0 Å². The summed E-state index contributed by atoms with van der Waals surface area (Å²) in [5, 5.41) is 0.151. The molecule has 150 valence electrons. The summed E-state index contributed by atoms with van der Waals surface area (Å²) >= 11 is 0. The maximum atomic E-state index is 11.8. The Morgan fingerprint density at radius 2 is 1.74 bits per heavy atom. The molecule has 0 fully saturated rings. The van der Waals surface area contributed by atoms with Crippen molar-refractivity contribution < 1.29 is 14.0 Å². The highest BCUT2D eigenvalue weighted by Crippen LogP contribution is 2.36. The Kier molecular flexibility index (Phi) is 8.28. The van der Waals surface area contributed by atoms with Gasteiger partial charge in [-0.3, -0.25) is 4.79 Å². The highest BCUT2D eigenvalue weighted by Gasteiger charge is 2.37. The number of hydrogen-bond donors (Lipinski definition) is 0. The highest BCUT2D eigenvalue weighted by atomic mass is 28.4. The topological polar surface area (TPSA) is 38.8 Å². The van der Waals surface area contributed by atoms with E-state index in [1.807, 2.05) is 44.2 Å². The van der Waals surface area contributed by atoms with Crippen LogP contribution in [0.5, 0.6) is 0 Å². The molecule has 1 aromatic rings. The quantitative estimate of drug-likeness (QED) is 0.374. The predicted molar refractivity (Wildman–Crippen MR) is 114 cm³/mol. The third kappa shape index (κ3) is 6.49. The van der Waals surface area contributed by atoms with E-state index < -0.39 is 20.0 Å². The van der Waals surface area contributed by atoms with E-state index in [4.69, 9.17) is 9.16 Å². The van der Waals surface area contributed by atoms with Crippen molar-refractivity contribution in [3.05, 3.63) is 35.9 Å². The minimum atomic E-state index is -1.82. The first-order chi connectivity index (χ1) is 12.5. The molecule has 1 rings (SSSR count). The van der Waals surface area contributed by atoms with Crippen molar-refractivity contribution in [2.24, 2.45) is 0 Å². The molecule has 0 N–H and O–H groups in total. The Morgan fingerprint density at radius 3 is 2.22 bits per heavy atom. The largest absolute Gasteiger partial charge is 0.406 e. The third-order valence-electron chi connectivity index (χ3n) is 5.49. The Morgan fingerprint density at radius 1 is 1.15 bits per heavy atom. The van der Waals surface area contributed by atoms with Gasteiger partial charge in [0.15, 0.2) is 8.32 Å². The Balaban J connectivity index is 2.85. The number of nitrogens with zero attached hydrogens (tertiary/aromatic N) is 1. The molecule has 1 atom stereocenters. The normalized spacial score (nSPS) is 13.5. The number of methoxy groups -OCH3 is 1. The van der Waals surface area contributed by atoms with Crippen LogP contribution in [0.15, 0.2) is 30.3 Å². The lowest BCUT2D eigenvalue weighted by atomic mass is 9.94. The van der Waals surface area contributed by atoms with E-state index in [1.54, 1.807) is 12.0 Å². The zero-order valence-corrected chi connectivity index (χ0v) is 19.1. The number of rotatable bonds is 8. The molecule has 0 saturated carbocycles. The lowest BCUT2D eigenvalue weighted by Gasteiger charge is -2.39. The van der Waals surface area contributed by atoms with E-state index in [0.29, 0.717) is 13.2 Å². The second-order valence-corrected chi connectivity index (χ2v) is 13.7. The minimum Gasteiger partial charge on any atom is -0.406 e.